The Morgan fingerprint density at radius 3 is 2.54 bits per heavy atom. The average molecular weight is 385 g/mol. The molecule has 1 heterocycles. The van der Waals surface area contributed by atoms with Gasteiger partial charge in [-0.1, -0.05) is 25.3 Å². The van der Waals surface area contributed by atoms with Crippen molar-refractivity contribution in [1.82, 2.24) is 9.62 Å². The fourth-order valence-corrected chi connectivity index (χ4v) is 5.70. The maximum Gasteiger partial charge on any atom is 0.241 e. The molecule has 0 atom stereocenters. The van der Waals surface area contributed by atoms with Gasteiger partial charge < -0.3 is 10.0 Å². The number of β-amino-alcohol motifs (C(OH)–C–C–N with tert-alkyl or cyclic N) is 1. The molecule has 0 spiro atoms. The Balaban J connectivity index is 1.56. The third kappa shape index (κ3) is 4.82. The highest BCUT2D eigenvalue weighted by Gasteiger charge is 2.33. The summed E-state index contributed by atoms with van der Waals surface area (Å²) in [4.78, 5) is 2.25. The number of nitrogens with zero attached hydrogens (tertiary/aromatic N) is 1. The minimum atomic E-state index is -3.73. The highest BCUT2D eigenvalue weighted by Crippen LogP contribution is 2.29. The van der Waals surface area contributed by atoms with E-state index in [1.807, 2.05) is 0 Å². The summed E-state index contributed by atoms with van der Waals surface area (Å²) in [5.41, 5.74) is -0.0423. The SMILES string of the molecule is Cc1ccc(F)cc1S(=O)(=O)NC1CCN(CC2(O)CCCCC2)CC1. The van der Waals surface area contributed by atoms with Crippen molar-refractivity contribution >= 4 is 10.0 Å². The highest BCUT2D eigenvalue weighted by molar-refractivity contribution is 7.89. The number of piperidine rings is 1. The lowest BCUT2D eigenvalue weighted by Gasteiger charge is -2.40. The van der Waals surface area contributed by atoms with Crippen LogP contribution in [0.2, 0.25) is 0 Å². The second-order valence-electron chi connectivity index (χ2n) is 7.87. The number of halogens is 1. The van der Waals surface area contributed by atoms with Crippen LogP contribution in [0.15, 0.2) is 23.1 Å². The van der Waals surface area contributed by atoms with Crippen molar-refractivity contribution in [2.75, 3.05) is 19.6 Å². The van der Waals surface area contributed by atoms with Crippen LogP contribution in [-0.2, 0) is 10.0 Å². The summed E-state index contributed by atoms with van der Waals surface area (Å²) in [6, 6.07) is 3.67. The van der Waals surface area contributed by atoms with Gasteiger partial charge in [-0.2, -0.15) is 0 Å². The number of likely N-dealkylation sites (tertiary alicyclic amines) is 1. The molecule has 0 aromatic heterocycles. The number of rotatable bonds is 5. The molecule has 5 nitrogen and oxygen atoms in total. The highest BCUT2D eigenvalue weighted by atomic mass is 32.2. The molecule has 1 aromatic rings. The maximum absolute atomic E-state index is 13.4. The molecule has 3 rings (SSSR count). The molecule has 1 aliphatic carbocycles. The number of benzene rings is 1. The predicted molar refractivity (Wildman–Crippen MR) is 99.0 cm³/mol. The Kier molecular flexibility index (Phi) is 6.01. The number of aryl methyl sites for hydroxylation is 1. The topological polar surface area (TPSA) is 69.6 Å². The summed E-state index contributed by atoms with van der Waals surface area (Å²) in [5, 5.41) is 10.7. The summed E-state index contributed by atoms with van der Waals surface area (Å²) in [6.45, 7) is 3.87. The first-order valence-corrected chi connectivity index (χ1v) is 11.0. The minimum absolute atomic E-state index is 0.0106. The van der Waals surface area contributed by atoms with Crippen LogP contribution in [0.25, 0.3) is 0 Å². The molecule has 26 heavy (non-hydrogen) atoms. The van der Waals surface area contributed by atoms with Gasteiger partial charge in [0, 0.05) is 12.6 Å². The zero-order valence-corrected chi connectivity index (χ0v) is 16.2. The van der Waals surface area contributed by atoms with E-state index in [1.54, 1.807) is 6.92 Å². The van der Waals surface area contributed by atoms with E-state index in [1.165, 1.54) is 18.6 Å². The Labute approximate surface area is 155 Å². The first-order chi connectivity index (χ1) is 12.3. The third-order valence-corrected chi connectivity index (χ3v) is 7.31. The summed E-state index contributed by atoms with van der Waals surface area (Å²) in [7, 11) is -3.73. The molecule has 7 heteroatoms. The molecule has 2 aliphatic rings. The van der Waals surface area contributed by atoms with Crippen molar-refractivity contribution in [1.29, 1.82) is 0 Å². The van der Waals surface area contributed by atoms with Gasteiger partial charge in [0.1, 0.15) is 5.82 Å². The largest absolute Gasteiger partial charge is 0.389 e. The first kappa shape index (κ1) is 19.7. The predicted octanol–water partition coefficient (Wildman–Crippen LogP) is 2.57. The van der Waals surface area contributed by atoms with Gasteiger partial charge in [0.15, 0.2) is 0 Å². The van der Waals surface area contributed by atoms with Crippen LogP contribution in [0.5, 0.6) is 0 Å². The maximum atomic E-state index is 13.4. The van der Waals surface area contributed by atoms with Crippen LogP contribution < -0.4 is 4.72 Å². The summed E-state index contributed by atoms with van der Waals surface area (Å²) < 4.78 is 41.4. The van der Waals surface area contributed by atoms with E-state index in [9.17, 15) is 17.9 Å². The van der Waals surface area contributed by atoms with Crippen molar-refractivity contribution in [3.8, 4) is 0 Å². The molecular weight excluding hydrogens is 355 g/mol. The van der Waals surface area contributed by atoms with Crippen LogP contribution in [-0.4, -0.2) is 49.7 Å². The fourth-order valence-electron chi connectivity index (χ4n) is 4.14. The van der Waals surface area contributed by atoms with Crippen LogP contribution in [0, 0.1) is 12.7 Å². The van der Waals surface area contributed by atoms with E-state index in [2.05, 4.69) is 9.62 Å². The van der Waals surface area contributed by atoms with Crippen molar-refractivity contribution in [3.63, 3.8) is 0 Å². The van der Waals surface area contributed by atoms with Gasteiger partial charge in [-0.15, -0.1) is 0 Å². The standard InChI is InChI=1S/C19H29FN2O3S/c1-15-5-6-16(20)13-18(15)26(24,25)21-17-7-11-22(12-8-17)14-19(23)9-3-2-4-10-19/h5-6,13,17,21,23H,2-4,7-12,14H2,1H3. The number of sulfonamides is 1. The van der Waals surface area contributed by atoms with Gasteiger partial charge in [-0.05, 0) is 63.4 Å². The monoisotopic (exact) mass is 384 g/mol. The molecule has 1 aromatic carbocycles. The molecule has 0 bridgehead atoms. The summed E-state index contributed by atoms with van der Waals surface area (Å²) in [6.07, 6.45) is 6.48. The van der Waals surface area contributed by atoms with Gasteiger partial charge in [0.2, 0.25) is 10.0 Å². The van der Waals surface area contributed by atoms with Crippen LogP contribution in [0.3, 0.4) is 0 Å². The third-order valence-electron chi connectivity index (χ3n) is 5.65. The molecule has 2 N–H and O–H groups in total. The van der Waals surface area contributed by atoms with Crippen LogP contribution >= 0.6 is 0 Å². The normalized spacial score (nSPS) is 22.4. The molecule has 0 unspecified atom stereocenters. The quantitative estimate of drug-likeness (QED) is 0.819. The smallest absolute Gasteiger partial charge is 0.241 e. The Morgan fingerprint density at radius 2 is 1.88 bits per heavy atom. The van der Waals surface area contributed by atoms with Crippen molar-refractivity contribution in [2.24, 2.45) is 0 Å². The first-order valence-electron chi connectivity index (χ1n) is 9.51. The number of nitrogens with one attached hydrogen (secondary N) is 1. The number of hydrogen-bond donors (Lipinski definition) is 2. The van der Waals surface area contributed by atoms with E-state index in [0.29, 0.717) is 24.9 Å². The zero-order chi connectivity index (χ0) is 18.8. The lowest BCUT2D eigenvalue weighted by atomic mass is 9.84. The minimum Gasteiger partial charge on any atom is -0.389 e. The molecule has 146 valence electrons. The van der Waals surface area contributed by atoms with Crippen molar-refractivity contribution in [2.45, 2.75) is 68.4 Å². The van der Waals surface area contributed by atoms with Crippen molar-refractivity contribution < 1.29 is 17.9 Å². The molecule has 1 aliphatic heterocycles. The molecule has 1 saturated heterocycles. The Bertz CT molecular complexity index is 724. The van der Waals surface area contributed by atoms with E-state index in [-0.39, 0.29) is 10.9 Å². The van der Waals surface area contributed by atoms with Crippen LogP contribution in [0.1, 0.15) is 50.5 Å². The van der Waals surface area contributed by atoms with Crippen molar-refractivity contribution in [3.05, 3.63) is 29.6 Å². The Hall–Kier alpha value is -1.02. The summed E-state index contributed by atoms with van der Waals surface area (Å²) in [5.74, 6) is -0.550. The fraction of sp³-hybridized carbons (Fsp3) is 0.684. The van der Waals surface area contributed by atoms with E-state index in [0.717, 1.165) is 44.8 Å². The average Bonchev–Trinajstić information content (AvgIpc) is 2.59. The summed E-state index contributed by atoms with van der Waals surface area (Å²) >= 11 is 0. The number of hydrogen-bond acceptors (Lipinski definition) is 4. The van der Waals surface area contributed by atoms with E-state index < -0.39 is 21.4 Å². The second-order valence-corrected chi connectivity index (χ2v) is 9.55. The van der Waals surface area contributed by atoms with Gasteiger partial charge in [-0.3, -0.25) is 0 Å². The van der Waals surface area contributed by atoms with Gasteiger partial charge in [0.25, 0.3) is 0 Å². The lowest BCUT2D eigenvalue weighted by Crippen LogP contribution is -2.50. The molecule has 0 amide bonds. The number of aliphatic hydroxyl groups is 1. The van der Waals surface area contributed by atoms with E-state index in [4.69, 9.17) is 0 Å². The molecule has 1 saturated carbocycles. The molecule has 0 radical (unpaired) electrons. The van der Waals surface area contributed by atoms with E-state index >= 15 is 0 Å². The lowest BCUT2D eigenvalue weighted by molar-refractivity contribution is -0.0309. The van der Waals surface area contributed by atoms with Gasteiger partial charge >= 0.3 is 0 Å². The van der Waals surface area contributed by atoms with Crippen LogP contribution in [0.4, 0.5) is 4.39 Å². The zero-order valence-electron chi connectivity index (χ0n) is 15.4. The second kappa shape index (κ2) is 7.92. The molecule has 2 fully saturated rings. The van der Waals surface area contributed by atoms with Gasteiger partial charge in [0.05, 0.1) is 10.5 Å². The van der Waals surface area contributed by atoms with Gasteiger partial charge in [-0.25, -0.2) is 17.5 Å². The molecular formula is C19H29FN2O3S. The Morgan fingerprint density at radius 1 is 1.23 bits per heavy atom.